The monoisotopic (exact) mass is 401 g/mol. The number of amides is 1. The fourth-order valence-electron chi connectivity index (χ4n) is 3.63. The van der Waals surface area contributed by atoms with Crippen LogP contribution in [0.25, 0.3) is 10.9 Å². The predicted octanol–water partition coefficient (Wildman–Crippen LogP) is 4.26. The largest absolute Gasteiger partial charge is 0.366 e. The van der Waals surface area contributed by atoms with Crippen molar-refractivity contribution in [3.8, 4) is 0 Å². The number of carbonyl (C=O) groups is 1. The minimum Gasteiger partial charge on any atom is -0.366 e. The van der Waals surface area contributed by atoms with Crippen LogP contribution in [0, 0.1) is 5.82 Å². The van der Waals surface area contributed by atoms with Crippen molar-refractivity contribution in [2.75, 3.05) is 6.54 Å². The average molecular weight is 401 g/mol. The molecule has 3 aromatic carbocycles. The molecular weight excluding hydrogens is 377 g/mol. The molecule has 4 rings (SSSR count). The highest BCUT2D eigenvalue weighted by molar-refractivity contribution is 5.92. The van der Waals surface area contributed by atoms with Crippen molar-refractivity contribution in [2.24, 2.45) is 5.73 Å². The average Bonchev–Trinajstić information content (AvgIpc) is 3.15. The Kier molecular flexibility index (Phi) is 5.91. The van der Waals surface area contributed by atoms with E-state index in [1.807, 2.05) is 24.3 Å². The maximum atomic E-state index is 13.7. The summed E-state index contributed by atoms with van der Waals surface area (Å²) in [5.74, 6) is -0.561. The highest BCUT2D eigenvalue weighted by Crippen LogP contribution is 2.19. The number of primary amides is 1. The molecule has 0 unspecified atom stereocenters. The van der Waals surface area contributed by atoms with Gasteiger partial charge in [0.1, 0.15) is 5.82 Å². The van der Waals surface area contributed by atoms with Crippen LogP contribution in [0.3, 0.4) is 0 Å². The SMILES string of the molecule is NC(=O)c1ccc(Cn2ccc3cc(CNCCc4ccccc4F)ccc32)cc1. The first kappa shape index (κ1) is 19.9. The normalized spacial score (nSPS) is 11.1. The van der Waals surface area contributed by atoms with Gasteiger partial charge in [-0.25, -0.2) is 4.39 Å². The van der Waals surface area contributed by atoms with Crippen LogP contribution >= 0.6 is 0 Å². The second-order valence-electron chi connectivity index (χ2n) is 7.42. The molecule has 1 aromatic heterocycles. The van der Waals surface area contributed by atoms with Crippen LogP contribution in [0.5, 0.6) is 0 Å². The van der Waals surface area contributed by atoms with Gasteiger partial charge in [0.2, 0.25) is 5.91 Å². The summed E-state index contributed by atoms with van der Waals surface area (Å²) in [5, 5.41) is 4.57. The van der Waals surface area contributed by atoms with Gasteiger partial charge in [0.25, 0.3) is 0 Å². The minimum absolute atomic E-state index is 0.147. The zero-order chi connectivity index (χ0) is 20.9. The molecule has 0 radical (unpaired) electrons. The van der Waals surface area contributed by atoms with Crippen molar-refractivity contribution in [3.63, 3.8) is 0 Å². The summed E-state index contributed by atoms with van der Waals surface area (Å²) < 4.78 is 15.9. The van der Waals surface area contributed by atoms with Crippen LogP contribution in [0.2, 0.25) is 0 Å². The second kappa shape index (κ2) is 8.93. The van der Waals surface area contributed by atoms with Gasteiger partial charge in [-0.15, -0.1) is 0 Å². The van der Waals surface area contributed by atoms with E-state index in [-0.39, 0.29) is 5.82 Å². The molecule has 0 aliphatic heterocycles. The van der Waals surface area contributed by atoms with Crippen molar-refractivity contribution < 1.29 is 9.18 Å². The van der Waals surface area contributed by atoms with E-state index < -0.39 is 5.91 Å². The van der Waals surface area contributed by atoms with Crippen molar-refractivity contribution >= 4 is 16.8 Å². The molecule has 0 spiro atoms. The van der Waals surface area contributed by atoms with Crippen LogP contribution in [0.1, 0.15) is 27.0 Å². The third kappa shape index (κ3) is 4.58. The summed E-state index contributed by atoms with van der Waals surface area (Å²) in [6, 6.07) is 22.8. The molecule has 0 fully saturated rings. The lowest BCUT2D eigenvalue weighted by Gasteiger charge is -2.08. The Morgan fingerprint density at radius 3 is 2.50 bits per heavy atom. The number of nitrogens with zero attached hydrogens (tertiary/aromatic N) is 1. The number of benzene rings is 3. The number of fused-ring (bicyclic) bond motifs is 1. The lowest BCUT2D eigenvalue weighted by atomic mass is 10.1. The molecule has 4 nitrogen and oxygen atoms in total. The molecule has 30 heavy (non-hydrogen) atoms. The number of rotatable bonds is 8. The number of nitrogens with two attached hydrogens (primary N) is 1. The number of aromatic nitrogens is 1. The lowest BCUT2D eigenvalue weighted by Crippen LogP contribution is -2.17. The van der Waals surface area contributed by atoms with Gasteiger partial charge in [-0.3, -0.25) is 4.79 Å². The first-order valence-corrected chi connectivity index (χ1v) is 10.0. The number of hydrogen-bond acceptors (Lipinski definition) is 2. The van der Waals surface area contributed by atoms with Gasteiger partial charge < -0.3 is 15.6 Å². The van der Waals surface area contributed by atoms with Crippen LogP contribution in [0.4, 0.5) is 4.39 Å². The van der Waals surface area contributed by atoms with Crippen LogP contribution in [0.15, 0.2) is 79.0 Å². The molecule has 5 heteroatoms. The van der Waals surface area contributed by atoms with E-state index in [1.54, 1.807) is 18.2 Å². The van der Waals surface area contributed by atoms with E-state index in [0.29, 0.717) is 12.0 Å². The van der Waals surface area contributed by atoms with E-state index in [2.05, 4.69) is 40.3 Å². The first-order chi connectivity index (χ1) is 14.6. The Labute approximate surface area is 175 Å². The zero-order valence-corrected chi connectivity index (χ0v) is 16.6. The quantitative estimate of drug-likeness (QED) is 0.434. The molecule has 0 bridgehead atoms. The van der Waals surface area contributed by atoms with Gasteiger partial charge in [0.15, 0.2) is 0 Å². The molecule has 152 valence electrons. The third-order valence-electron chi connectivity index (χ3n) is 5.28. The molecule has 1 amide bonds. The molecule has 1 heterocycles. The maximum absolute atomic E-state index is 13.7. The van der Waals surface area contributed by atoms with E-state index >= 15 is 0 Å². The predicted molar refractivity (Wildman–Crippen MR) is 118 cm³/mol. The van der Waals surface area contributed by atoms with E-state index in [4.69, 9.17) is 5.73 Å². The van der Waals surface area contributed by atoms with Gasteiger partial charge in [0.05, 0.1) is 0 Å². The molecule has 4 aromatic rings. The van der Waals surface area contributed by atoms with Crippen molar-refractivity contribution in [1.82, 2.24) is 9.88 Å². The Bertz CT molecular complexity index is 1160. The summed E-state index contributed by atoms with van der Waals surface area (Å²) >= 11 is 0. The van der Waals surface area contributed by atoms with Crippen molar-refractivity contribution in [3.05, 3.63) is 107 Å². The third-order valence-corrected chi connectivity index (χ3v) is 5.28. The van der Waals surface area contributed by atoms with Gasteiger partial charge >= 0.3 is 0 Å². The number of carbonyl (C=O) groups excluding carboxylic acids is 1. The van der Waals surface area contributed by atoms with Crippen LogP contribution in [-0.4, -0.2) is 17.0 Å². The highest BCUT2D eigenvalue weighted by Gasteiger charge is 2.05. The highest BCUT2D eigenvalue weighted by atomic mass is 19.1. The van der Waals surface area contributed by atoms with E-state index in [0.717, 1.165) is 36.3 Å². The topological polar surface area (TPSA) is 60.1 Å². The Morgan fingerprint density at radius 1 is 0.967 bits per heavy atom. The van der Waals surface area contributed by atoms with Gasteiger partial charge in [-0.05, 0) is 71.4 Å². The number of nitrogens with one attached hydrogen (secondary N) is 1. The second-order valence-corrected chi connectivity index (χ2v) is 7.42. The fourth-order valence-corrected chi connectivity index (χ4v) is 3.63. The van der Waals surface area contributed by atoms with Crippen molar-refractivity contribution in [2.45, 2.75) is 19.5 Å². The van der Waals surface area contributed by atoms with Crippen LogP contribution in [-0.2, 0) is 19.5 Å². The molecule has 0 aliphatic rings. The minimum atomic E-state index is -0.414. The summed E-state index contributed by atoms with van der Waals surface area (Å²) in [6.07, 6.45) is 2.74. The number of hydrogen-bond donors (Lipinski definition) is 2. The van der Waals surface area contributed by atoms with Gasteiger partial charge in [0, 0.05) is 30.4 Å². The lowest BCUT2D eigenvalue weighted by molar-refractivity contribution is 0.100. The Morgan fingerprint density at radius 2 is 1.73 bits per heavy atom. The fraction of sp³-hybridized carbons (Fsp3) is 0.160. The smallest absolute Gasteiger partial charge is 0.248 e. The van der Waals surface area contributed by atoms with Gasteiger partial charge in [-0.1, -0.05) is 36.4 Å². The zero-order valence-electron chi connectivity index (χ0n) is 16.6. The summed E-state index contributed by atoms with van der Waals surface area (Å²) in [4.78, 5) is 11.2. The molecule has 3 N–H and O–H groups in total. The molecule has 0 aliphatic carbocycles. The summed E-state index contributed by atoms with van der Waals surface area (Å²) in [5.41, 5.74) is 10.0. The molecule has 0 saturated heterocycles. The van der Waals surface area contributed by atoms with Gasteiger partial charge in [-0.2, -0.15) is 0 Å². The summed E-state index contributed by atoms with van der Waals surface area (Å²) in [6.45, 7) is 2.19. The molecular formula is C25H24FN3O. The standard InChI is InChI=1S/C25H24FN3O/c26-23-4-2-1-3-20(23)11-13-28-16-19-7-10-24-22(15-19)12-14-29(24)17-18-5-8-21(9-6-18)25(27)30/h1-10,12,14-15,28H,11,13,16-17H2,(H2,27,30). The van der Waals surface area contributed by atoms with E-state index in [9.17, 15) is 9.18 Å². The van der Waals surface area contributed by atoms with Crippen LogP contribution < -0.4 is 11.1 Å². The van der Waals surface area contributed by atoms with Crippen molar-refractivity contribution in [1.29, 1.82) is 0 Å². The Hall–Kier alpha value is -3.44. The first-order valence-electron chi connectivity index (χ1n) is 10.0. The number of halogens is 1. The maximum Gasteiger partial charge on any atom is 0.248 e. The summed E-state index contributed by atoms with van der Waals surface area (Å²) in [7, 11) is 0. The molecule has 0 atom stereocenters. The Balaban J connectivity index is 1.37. The van der Waals surface area contributed by atoms with E-state index in [1.165, 1.54) is 17.0 Å². The molecule has 0 saturated carbocycles.